The van der Waals surface area contributed by atoms with Crippen LogP contribution in [0.25, 0.3) is 0 Å². The van der Waals surface area contributed by atoms with Gasteiger partial charge in [0.15, 0.2) is 6.10 Å². The predicted octanol–water partition coefficient (Wildman–Crippen LogP) is -0.0401. The Morgan fingerprint density at radius 3 is 2.75 bits per heavy atom. The molecule has 0 aromatic heterocycles. The van der Waals surface area contributed by atoms with Gasteiger partial charge in [-0.05, 0) is 6.92 Å². The monoisotopic (exact) mass is 111 g/mol. The summed E-state index contributed by atoms with van der Waals surface area (Å²) in [5.41, 5.74) is 0. The van der Waals surface area contributed by atoms with Crippen LogP contribution in [0.15, 0.2) is 0 Å². The van der Waals surface area contributed by atoms with E-state index in [-0.39, 0.29) is 0 Å². The molecule has 1 aliphatic rings. The van der Waals surface area contributed by atoms with Crippen LogP contribution in [-0.2, 0) is 4.84 Å². The summed E-state index contributed by atoms with van der Waals surface area (Å²) < 4.78 is 0. The lowest BCUT2D eigenvalue weighted by atomic mass is 10.5. The summed E-state index contributed by atoms with van der Waals surface area (Å²) in [5, 5.41) is 9.84. The van der Waals surface area contributed by atoms with Gasteiger partial charge in [-0.25, -0.2) is 0 Å². The summed E-state index contributed by atoms with van der Waals surface area (Å²) in [4.78, 5) is 4.87. The van der Waals surface area contributed by atoms with E-state index in [1.807, 2.05) is 6.07 Å². The zero-order valence-electron chi connectivity index (χ0n) is 4.50. The average molecular weight is 111 g/mol. The standard InChI is InChI=1S/C5H7N2O/c1-5(4-6)8-7-2-3-7/h5H,1-3H2. The van der Waals surface area contributed by atoms with E-state index in [9.17, 15) is 0 Å². The van der Waals surface area contributed by atoms with Gasteiger partial charge in [-0.1, -0.05) is 0 Å². The highest BCUT2D eigenvalue weighted by atomic mass is 16.7. The third kappa shape index (κ3) is 1.49. The van der Waals surface area contributed by atoms with Crippen molar-refractivity contribution in [2.24, 2.45) is 0 Å². The van der Waals surface area contributed by atoms with E-state index in [0.717, 1.165) is 13.1 Å². The maximum atomic E-state index is 8.15. The molecule has 3 heteroatoms. The second-order valence-corrected chi connectivity index (χ2v) is 1.65. The van der Waals surface area contributed by atoms with E-state index in [0.29, 0.717) is 0 Å². The van der Waals surface area contributed by atoms with Crippen molar-refractivity contribution in [2.45, 2.75) is 6.10 Å². The Morgan fingerprint density at radius 1 is 1.75 bits per heavy atom. The molecule has 0 bridgehead atoms. The molecule has 1 fully saturated rings. The molecule has 0 N–H and O–H groups in total. The molecule has 43 valence electrons. The second kappa shape index (κ2) is 2.12. The molecule has 8 heavy (non-hydrogen) atoms. The molecule has 1 rings (SSSR count). The van der Waals surface area contributed by atoms with E-state index in [1.54, 1.807) is 5.06 Å². The molecular formula is C5H7N2O. The van der Waals surface area contributed by atoms with Gasteiger partial charge in [0.25, 0.3) is 0 Å². The fourth-order valence-corrected chi connectivity index (χ4v) is 0.350. The van der Waals surface area contributed by atoms with E-state index in [1.165, 1.54) is 0 Å². The molecule has 0 amide bonds. The minimum absolute atomic E-state index is 0.530. The number of rotatable bonds is 2. The first-order valence-corrected chi connectivity index (χ1v) is 2.47. The SMILES string of the molecule is [CH2]C(C#N)ON1CC1. The van der Waals surface area contributed by atoms with Gasteiger partial charge in [0.05, 0.1) is 6.07 Å². The van der Waals surface area contributed by atoms with E-state index in [4.69, 9.17) is 10.1 Å². The summed E-state index contributed by atoms with van der Waals surface area (Å²) in [5.74, 6) is 0. The third-order valence-electron chi connectivity index (χ3n) is 0.826. The van der Waals surface area contributed by atoms with E-state index in [2.05, 4.69) is 6.92 Å². The molecule has 1 unspecified atom stereocenters. The molecule has 0 aromatic rings. The Morgan fingerprint density at radius 2 is 2.38 bits per heavy atom. The minimum Gasteiger partial charge on any atom is -0.280 e. The quantitative estimate of drug-likeness (QED) is 0.469. The first-order chi connectivity index (χ1) is 3.83. The van der Waals surface area contributed by atoms with Crippen molar-refractivity contribution in [3.8, 4) is 6.07 Å². The Balaban J connectivity index is 2.09. The first-order valence-electron chi connectivity index (χ1n) is 2.47. The van der Waals surface area contributed by atoms with Crippen LogP contribution in [-0.4, -0.2) is 24.3 Å². The zero-order chi connectivity index (χ0) is 5.98. The highest BCUT2D eigenvalue weighted by Crippen LogP contribution is 2.05. The van der Waals surface area contributed by atoms with Crippen molar-refractivity contribution in [3.63, 3.8) is 0 Å². The van der Waals surface area contributed by atoms with Crippen LogP contribution in [0, 0.1) is 18.3 Å². The Hall–Kier alpha value is -0.590. The Labute approximate surface area is 48.4 Å². The Bertz CT molecular complexity index is 114. The number of hydroxylamine groups is 2. The molecule has 0 spiro atoms. The lowest BCUT2D eigenvalue weighted by molar-refractivity contribution is -0.0770. The molecule has 1 atom stereocenters. The fraction of sp³-hybridized carbons (Fsp3) is 0.600. The predicted molar refractivity (Wildman–Crippen MR) is 27.4 cm³/mol. The maximum Gasteiger partial charge on any atom is 0.165 e. The van der Waals surface area contributed by atoms with Gasteiger partial charge in [0, 0.05) is 13.1 Å². The van der Waals surface area contributed by atoms with Crippen LogP contribution in [0.2, 0.25) is 0 Å². The highest BCUT2D eigenvalue weighted by molar-refractivity contribution is 4.86. The lowest BCUT2D eigenvalue weighted by Gasteiger charge is -2.01. The normalized spacial score (nSPS) is 22.0. The third-order valence-corrected chi connectivity index (χ3v) is 0.826. The summed E-state index contributed by atoms with van der Waals surface area (Å²) >= 11 is 0. The van der Waals surface area contributed by atoms with Gasteiger partial charge >= 0.3 is 0 Å². The van der Waals surface area contributed by atoms with Crippen LogP contribution in [0.5, 0.6) is 0 Å². The first kappa shape index (κ1) is 5.54. The van der Waals surface area contributed by atoms with Crippen LogP contribution in [0.4, 0.5) is 0 Å². The average Bonchev–Trinajstić information content (AvgIpc) is 2.50. The van der Waals surface area contributed by atoms with E-state index >= 15 is 0 Å². The zero-order valence-corrected chi connectivity index (χ0v) is 4.50. The molecule has 1 saturated heterocycles. The van der Waals surface area contributed by atoms with Crippen molar-refractivity contribution in [1.82, 2.24) is 5.06 Å². The van der Waals surface area contributed by atoms with Gasteiger partial charge in [0.2, 0.25) is 0 Å². The van der Waals surface area contributed by atoms with Crippen LogP contribution >= 0.6 is 0 Å². The van der Waals surface area contributed by atoms with E-state index < -0.39 is 6.10 Å². The number of nitrogens with zero attached hydrogens (tertiary/aromatic N) is 2. The number of nitriles is 1. The van der Waals surface area contributed by atoms with Gasteiger partial charge in [-0.3, -0.25) is 4.84 Å². The van der Waals surface area contributed by atoms with Crippen molar-refractivity contribution >= 4 is 0 Å². The summed E-state index contributed by atoms with van der Waals surface area (Å²) in [6, 6.07) is 1.86. The lowest BCUT2D eigenvalue weighted by Crippen LogP contribution is -2.09. The molecule has 1 heterocycles. The maximum absolute atomic E-state index is 8.15. The summed E-state index contributed by atoms with van der Waals surface area (Å²) in [7, 11) is 0. The molecule has 0 aromatic carbocycles. The topological polar surface area (TPSA) is 36.0 Å². The molecule has 0 saturated carbocycles. The largest absolute Gasteiger partial charge is 0.280 e. The second-order valence-electron chi connectivity index (χ2n) is 1.65. The molecule has 1 aliphatic heterocycles. The highest BCUT2D eigenvalue weighted by Gasteiger charge is 2.20. The molecule has 1 radical (unpaired) electrons. The molecule has 0 aliphatic carbocycles. The minimum atomic E-state index is -0.530. The number of hydrogen-bond acceptors (Lipinski definition) is 3. The summed E-state index contributed by atoms with van der Waals surface area (Å²) in [6.45, 7) is 5.29. The number of hydrogen-bond donors (Lipinski definition) is 0. The van der Waals surface area contributed by atoms with Gasteiger partial charge in [-0.15, -0.1) is 0 Å². The van der Waals surface area contributed by atoms with Crippen LogP contribution in [0.1, 0.15) is 0 Å². The van der Waals surface area contributed by atoms with Crippen molar-refractivity contribution in [3.05, 3.63) is 6.92 Å². The van der Waals surface area contributed by atoms with Crippen molar-refractivity contribution in [2.75, 3.05) is 13.1 Å². The van der Waals surface area contributed by atoms with Gasteiger partial charge < -0.3 is 0 Å². The van der Waals surface area contributed by atoms with Crippen molar-refractivity contribution in [1.29, 1.82) is 5.26 Å². The van der Waals surface area contributed by atoms with Gasteiger partial charge in [-0.2, -0.15) is 10.3 Å². The van der Waals surface area contributed by atoms with Crippen LogP contribution in [0.3, 0.4) is 0 Å². The smallest absolute Gasteiger partial charge is 0.165 e. The van der Waals surface area contributed by atoms with Gasteiger partial charge in [0.1, 0.15) is 0 Å². The Kier molecular flexibility index (Phi) is 1.47. The van der Waals surface area contributed by atoms with Crippen LogP contribution < -0.4 is 0 Å². The van der Waals surface area contributed by atoms with Crippen molar-refractivity contribution < 1.29 is 4.84 Å². The molecular weight excluding hydrogens is 104 g/mol. The molecule has 3 nitrogen and oxygen atoms in total. The fourth-order valence-electron chi connectivity index (χ4n) is 0.350. The summed E-state index contributed by atoms with van der Waals surface area (Å²) in [6.07, 6.45) is -0.530.